The van der Waals surface area contributed by atoms with E-state index < -0.39 is 0 Å². The van der Waals surface area contributed by atoms with Crippen molar-refractivity contribution in [2.24, 2.45) is 12.8 Å². The molecule has 1 aromatic heterocycles. The second-order valence-corrected chi connectivity index (χ2v) is 4.21. The van der Waals surface area contributed by atoms with Gasteiger partial charge in [-0.05, 0) is 25.3 Å². The number of nitrogens with two attached hydrogens (primary N) is 1. The number of rotatable bonds is 7. The van der Waals surface area contributed by atoms with Crippen molar-refractivity contribution in [3.63, 3.8) is 0 Å². The topological polar surface area (TPSA) is 53.1 Å². The van der Waals surface area contributed by atoms with Crippen molar-refractivity contribution in [2.75, 3.05) is 7.11 Å². The summed E-state index contributed by atoms with van der Waals surface area (Å²) in [6, 6.07) is 2.15. The molecule has 1 rings (SSSR count). The van der Waals surface area contributed by atoms with Crippen molar-refractivity contribution in [3.05, 3.63) is 18.0 Å². The molecule has 2 unspecified atom stereocenters. The number of nitrogens with zero attached hydrogens (tertiary/aromatic N) is 2. The molecule has 0 saturated heterocycles. The van der Waals surface area contributed by atoms with Gasteiger partial charge in [-0.1, -0.05) is 13.3 Å². The van der Waals surface area contributed by atoms with Gasteiger partial charge in [0.25, 0.3) is 0 Å². The predicted octanol–water partition coefficient (Wildman–Crippen LogP) is 1.50. The van der Waals surface area contributed by atoms with Crippen LogP contribution in [0.25, 0.3) is 0 Å². The minimum Gasteiger partial charge on any atom is -0.380 e. The van der Waals surface area contributed by atoms with Gasteiger partial charge in [-0.2, -0.15) is 5.10 Å². The summed E-state index contributed by atoms with van der Waals surface area (Å²) in [4.78, 5) is 0. The highest BCUT2D eigenvalue weighted by Gasteiger charge is 2.16. The van der Waals surface area contributed by atoms with Gasteiger partial charge >= 0.3 is 0 Å². The molecule has 4 nitrogen and oxygen atoms in total. The van der Waals surface area contributed by atoms with Crippen molar-refractivity contribution in [2.45, 2.75) is 44.8 Å². The molecule has 0 aliphatic carbocycles. The Morgan fingerprint density at radius 2 is 2.25 bits per heavy atom. The van der Waals surface area contributed by atoms with E-state index in [9.17, 15) is 0 Å². The van der Waals surface area contributed by atoms with Crippen molar-refractivity contribution in [1.82, 2.24) is 9.78 Å². The Morgan fingerprint density at radius 3 is 2.75 bits per heavy atom. The summed E-state index contributed by atoms with van der Waals surface area (Å²) >= 11 is 0. The van der Waals surface area contributed by atoms with Crippen molar-refractivity contribution >= 4 is 0 Å². The lowest BCUT2D eigenvalue weighted by Gasteiger charge is -2.22. The van der Waals surface area contributed by atoms with Crippen molar-refractivity contribution in [3.8, 4) is 0 Å². The molecule has 1 heterocycles. The monoisotopic (exact) mass is 225 g/mol. The van der Waals surface area contributed by atoms with E-state index in [0.717, 1.165) is 25.7 Å². The van der Waals surface area contributed by atoms with Crippen molar-refractivity contribution in [1.29, 1.82) is 0 Å². The van der Waals surface area contributed by atoms with Gasteiger partial charge in [-0.15, -0.1) is 0 Å². The minimum atomic E-state index is 0.111. The Balaban J connectivity index is 2.39. The number of aromatic nitrogens is 2. The third-order valence-electron chi connectivity index (χ3n) is 3.01. The molecular weight excluding hydrogens is 202 g/mol. The van der Waals surface area contributed by atoms with Gasteiger partial charge in [0.2, 0.25) is 0 Å². The summed E-state index contributed by atoms with van der Waals surface area (Å²) in [7, 11) is 3.70. The summed E-state index contributed by atoms with van der Waals surface area (Å²) in [5, 5.41) is 4.14. The number of hydrogen-bond donors (Lipinski definition) is 1. The molecule has 0 amide bonds. The highest BCUT2D eigenvalue weighted by atomic mass is 16.5. The second-order valence-electron chi connectivity index (χ2n) is 4.21. The molecule has 0 aliphatic rings. The van der Waals surface area contributed by atoms with Crippen LogP contribution in [0.15, 0.2) is 12.3 Å². The average molecular weight is 225 g/mol. The molecule has 16 heavy (non-hydrogen) atoms. The van der Waals surface area contributed by atoms with E-state index >= 15 is 0 Å². The number of hydrogen-bond acceptors (Lipinski definition) is 3. The molecule has 0 bridgehead atoms. The normalized spacial score (nSPS) is 15.0. The largest absolute Gasteiger partial charge is 0.380 e. The summed E-state index contributed by atoms with van der Waals surface area (Å²) in [5.74, 6) is 0. The molecule has 0 aliphatic heterocycles. The minimum absolute atomic E-state index is 0.111. The van der Waals surface area contributed by atoms with Gasteiger partial charge in [-0.3, -0.25) is 4.68 Å². The molecule has 0 radical (unpaired) electrons. The first-order valence-electron chi connectivity index (χ1n) is 5.94. The van der Waals surface area contributed by atoms with Crippen LogP contribution in [-0.2, 0) is 18.2 Å². The molecule has 92 valence electrons. The zero-order chi connectivity index (χ0) is 12.0. The quantitative estimate of drug-likeness (QED) is 0.765. The zero-order valence-electron chi connectivity index (χ0n) is 10.5. The van der Waals surface area contributed by atoms with Gasteiger partial charge in [-0.25, -0.2) is 0 Å². The van der Waals surface area contributed by atoms with Gasteiger partial charge < -0.3 is 10.5 Å². The highest BCUT2D eigenvalue weighted by Crippen LogP contribution is 2.11. The fourth-order valence-corrected chi connectivity index (χ4v) is 1.94. The zero-order valence-corrected chi connectivity index (χ0v) is 10.5. The SMILES string of the molecule is CCCC(OC)C(N)CCc1ccnn1C. The van der Waals surface area contributed by atoms with E-state index in [1.165, 1.54) is 5.69 Å². The van der Waals surface area contributed by atoms with Crippen LogP contribution in [0.5, 0.6) is 0 Å². The van der Waals surface area contributed by atoms with Crippen LogP contribution in [0.4, 0.5) is 0 Å². The van der Waals surface area contributed by atoms with Crippen LogP contribution in [0.3, 0.4) is 0 Å². The van der Waals surface area contributed by atoms with Crippen LogP contribution in [0.2, 0.25) is 0 Å². The van der Waals surface area contributed by atoms with Gasteiger partial charge in [0.1, 0.15) is 0 Å². The Hall–Kier alpha value is -0.870. The Bertz CT molecular complexity index is 298. The van der Waals surface area contributed by atoms with E-state index in [1.54, 1.807) is 7.11 Å². The maximum Gasteiger partial charge on any atom is 0.0722 e. The molecule has 2 atom stereocenters. The lowest BCUT2D eigenvalue weighted by molar-refractivity contribution is 0.0701. The highest BCUT2D eigenvalue weighted by molar-refractivity contribution is 5.00. The van der Waals surface area contributed by atoms with Crippen LogP contribution in [0.1, 0.15) is 31.9 Å². The van der Waals surface area contributed by atoms with Crippen molar-refractivity contribution < 1.29 is 4.74 Å². The van der Waals surface area contributed by atoms with Gasteiger partial charge in [0, 0.05) is 32.1 Å². The molecular formula is C12H23N3O. The summed E-state index contributed by atoms with van der Waals surface area (Å²) in [5.41, 5.74) is 7.35. The van der Waals surface area contributed by atoms with Crippen LogP contribution in [-0.4, -0.2) is 29.0 Å². The molecule has 2 N–H and O–H groups in total. The first-order valence-corrected chi connectivity index (χ1v) is 5.94. The molecule has 1 aromatic rings. The Morgan fingerprint density at radius 1 is 1.50 bits per heavy atom. The van der Waals surface area contributed by atoms with Gasteiger partial charge in [0.05, 0.1) is 6.10 Å². The third-order valence-corrected chi connectivity index (χ3v) is 3.01. The second kappa shape index (κ2) is 6.66. The third kappa shape index (κ3) is 3.61. The molecule has 4 heteroatoms. The molecule has 0 fully saturated rings. The van der Waals surface area contributed by atoms with Crippen LogP contribution >= 0.6 is 0 Å². The molecule has 0 saturated carbocycles. The standard InChI is InChI=1S/C12H23N3O/c1-4-5-12(16-3)11(13)7-6-10-8-9-14-15(10)2/h8-9,11-12H,4-7,13H2,1-3H3. The average Bonchev–Trinajstić information content (AvgIpc) is 2.68. The number of aryl methyl sites for hydroxylation is 2. The van der Waals surface area contributed by atoms with E-state index in [-0.39, 0.29) is 12.1 Å². The summed E-state index contributed by atoms with van der Waals surface area (Å²) in [6.45, 7) is 2.15. The first-order chi connectivity index (χ1) is 7.69. The lowest BCUT2D eigenvalue weighted by Crippen LogP contribution is -2.36. The maximum atomic E-state index is 6.13. The number of methoxy groups -OCH3 is 1. The Labute approximate surface area is 97.8 Å². The van der Waals surface area contributed by atoms with E-state index in [0.29, 0.717) is 0 Å². The van der Waals surface area contributed by atoms with E-state index in [2.05, 4.69) is 12.0 Å². The summed E-state index contributed by atoms with van der Waals surface area (Å²) in [6.07, 6.45) is 6.04. The first kappa shape index (κ1) is 13.2. The maximum absolute atomic E-state index is 6.13. The molecule has 0 spiro atoms. The number of ether oxygens (including phenoxy) is 1. The summed E-state index contributed by atoms with van der Waals surface area (Å²) < 4.78 is 7.30. The fraction of sp³-hybridized carbons (Fsp3) is 0.750. The predicted molar refractivity (Wildman–Crippen MR) is 65.2 cm³/mol. The Kier molecular flexibility index (Phi) is 5.49. The lowest BCUT2D eigenvalue weighted by atomic mass is 10.0. The smallest absolute Gasteiger partial charge is 0.0722 e. The molecule has 0 aromatic carbocycles. The fourth-order valence-electron chi connectivity index (χ4n) is 1.94. The van der Waals surface area contributed by atoms with E-state index in [1.807, 2.05) is 24.0 Å². The van der Waals surface area contributed by atoms with Gasteiger partial charge in [0.15, 0.2) is 0 Å². The van der Waals surface area contributed by atoms with E-state index in [4.69, 9.17) is 10.5 Å². The van der Waals surface area contributed by atoms with Crippen LogP contribution < -0.4 is 5.73 Å². The van der Waals surface area contributed by atoms with Crippen LogP contribution in [0, 0.1) is 0 Å².